The molecule has 1 atom stereocenters. The molecule has 27 heavy (non-hydrogen) atoms. The summed E-state index contributed by atoms with van der Waals surface area (Å²) in [6, 6.07) is 7.91. The lowest BCUT2D eigenvalue weighted by molar-refractivity contribution is -0.116. The van der Waals surface area contributed by atoms with E-state index >= 15 is 0 Å². The van der Waals surface area contributed by atoms with E-state index in [1.165, 1.54) is 11.3 Å². The van der Waals surface area contributed by atoms with Crippen LogP contribution in [0, 0.1) is 6.92 Å². The van der Waals surface area contributed by atoms with E-state index in [4.69, 9.17) is 0 Å². The molecule has 8 heteroatoms. The van der Waals surface area contributed by atoms with Crippen LogP contribution >= 0.6 is 11.3 Å². The van der Waals surface area contributed by atoms with Gasteiger partial charge in [-0.05, 0) is 33.3 Å². The Bertz CT molecular complexity index is 777. The van der Waals surface area contributed by atoms with Crippen LogP contribution in [0.3, 0.4) is 0 Å². The number of aromatic nitrogens is 2. The van der Waals surface area contributed by atoms with Gasteiger partial charge in [0.15, 0.2) is 0 Å². The van der Waals surface area contributed by atoms with Crippen LogP contribution in [0.25, 0.3) is 10.6 Å². The van der Waals surface area contributed by atoms with E-state index in [1.54, 1.807) is 4.90 Å². The summed E-state index contributed by atoms with van der Waals surface area (Å²) >= 11 is 1.34. The molecule has 1 aromatic heterocycles. The number of anilines is 1. The maximum atomic E-state index is 12.3. The van der Waals surface area contributed by atoms with Crippen molar-refractivity contribution in [3.05, 3.63) is 29.8 Å². The van der Waals surface area contributed by atoms with Crippen molar-refractivity contribution in [3.63, 3.8) is 0 Å². The fraction of sp³-hybridized carbons (Fsp3) is 0.474. The number of urea groups is 1. The van der Waals surface area contributed by atoms with Crippen molar-refractivity contribution in [3.8, 4) is 10.6 Å². The summed E-state index contributed by atoms with van der Waals surface area (Å²) in [6.45, 7) is 8.81. The number of hydrogen-bond acceptors (Lipinski definition) is 5. The highest BCUT2D eigenvalue weighted by Gasteiger charge is 2.19. The summed E-state index contributed by atoms with van der Waals surface area (Å²) in [6.07, 6.45) is 1.04. The molecule has 1 heterocycles. The Labute approximate surface area is 164 Å². The number of benzene rings is 1. The Hall–Kier alpha value is -2.48. The van der Waals surface area contributed by atoms with Crippen LogP contribution in [0.5, 0.6) is 0 Å². The molecule has 0 saturated heterocycles. The first kappa shape index (κ1) is 20.8. The van der Waals surface area contributed by atoms with Crippen molar-refractivity contribution < 1.29 is 9.59 Å². The quantitative estimate of drug-likeness (QED) is 0.721. The number of carbonyl (C=O) groups is 2. The minimum Gasteiger partial charge on any atom is -0.338 e. The summed E-state index contributed by atoms with van der Waals surface area (Å²) in [4.78, 5) is 26.1. The van der Waals surface area contributed by atoms with Gasteiger partial charge in [-0.3, -0.25) is 4.79 Å². The number of nitrogens with zero attached hydrogens (tertiary/aromatic N) is 3. The number of amides is 3. The molecule has 0 aliphatic carbocycles. The van der Waals surface area contributed by atoms with Crippen molar-refractivity contribution in [2.24, 2.45) is 0 Å². The highest BCUT2D eigenvalue weighted by Crippen LogP contribution is 2.26. The van der Waals surface area contributed by atoms with E-state index in [2.05, 4.69) is 20.8 Å². The molecular formula is C19H27N5O2S. The maximum absolute atomic E-state index is 12.3. The van der Waals surface area contributed by atoms with Gasteiger partial charge in [0.05, 0.1) is 0 Å². The number of nitrogens with one attached hydrogen (secondary N) is 2. The number of hydrogen-bond donors (Lipinski definition) is 2. The van der Waals surface area contributed by atoms with E-state index in [0.29, 0.717) is 18.2 Å². The van der Waals surface area contributed by atoms with E-state index in [1.807, 2.05) is 52.0 Å². The molecule has 1 aromatic carbocycles. The van der Waals surface area contributed by atoms with Crippen molar-refractivity contribution in [2.45, 2.75) is 46.6 Å². The van der Waals surface area contributed by atoms with Gasteiger partial charge in [-0.1, -0.05) is 42.0 Å². The second kappa shape index (κ2) is 10.0. The molecule has 0 radical (unpaired) electrons. The fourth-order valence-corrected chi connectivity index (χ4v) is 3.32. The van der Waals surface area contributed by atoms with Crippen LogP contribution in [-0.4, -0.2) is 46.2 Å². The average molecular weight is 390 g/mol. The molecule has 0 bridgehead atoms. The van der Waals surface area contributed by atoms with Crippen molar-refractivity contribution in [1.82, 2.24) is 20.4 Å². The third kappa shape index (κ3) is 6.02. The number of rotatable bonds is 8. The molecule has 0 saturated carbocycles. The molecule has 7 nitrogen and oxygen atoms in total. The molecule has 2 aromatic rings. The van der Waals surface area contributed by atoms with Crippen molar-refractivity contribution in [2.75, 3.05) is 18.4 Å². The second-order valence-corrected chi connectivity index (χ2v) is 7.34. The predicted molar refractivity (Wildman–Crippen MR) is 109 cm³/mol. The number of carbonyl (C=O) groups excluding carboxylic acids is 2. The minimum absolute atomic E-state index is 0.0683. The van der Waals surface area contributed by atoms with E-state index < -0.39 is 0 Å². The summed E-state index contributed by atoms with van der Waals surface area (Å²) < 4.78 is 0. The summed E-state index contributed by atoms with van der Waals surface area (Å²) in [7, 11) is 0. The Balaban J connectivity index is 1.94. The van der Waals surface area contributed by atoms with Gasteiger partial charge in [0.25, 0.3) is 0 Å². The zero-order chi connectivity index (χ0) is 19.8. The Kier molecular flexibility index (Phi) is 7.72. The molecule has 0 aliphatic rings. The van der Waals surface area contributed by atoms with Gasteiger partial charge in [0.1, 0.15) is 5.01 Å². The fourth-order valence-electron chi connectivity index (χ4n) is 2.57. The predicted octanol–water partition coefficient (Wildman–Crippen LogP) is 3.67. The van der Waals surface area contributed by atoms with Gasteiger partial charge >= 0.3 is 6.03 Å². The van der Waals surface area contributed by atoms with E-state index in [9.17, 15) is 9.59 Å². The third-order valence-corrected chi connectivity index (χ3v) is 5.12. The van der Waals surface area contributed by atoms with Crippen LogP contribution in [0.4, 0.5) is 9.93 Å². The standard InChI is InChI=1S/C19H27N5O2S/c1-5-14(4)24(19(26)20-6-2)11-10-16(25)21-18-23-22-17(27-18)15-9-7-8-13(3)12-15/h7-9,12,14H,5-6,10-11H2,1-4H3,(H,20,26)(H,21,23,25). The lowest BCUT2D eigenvalue weighted by atomic mass is 10.1. The molecule has 0 fully saturated rings. The van der Waals surface area contributed by atoms with E-state index in [0.717, 1.165) is 22.6 Å². The van der Waals surface area contributed by atoms with Gasteiger partial charge in [-0.15, -0.1) is 10.2 Å². The van der Waals surface area contributed by atoms with Crippen LogP contribution < -0.4 is 10.6 Å². The molecular weight excluding hydrogens is 362 g/mol. The minimum atomic E-state index is -0.181. The second-order valence-electron chi connectivity index (χ2n) is 6.37. The van der Waals surface area contributed by atoms with Crippen LogP contribution in [0.15, 0.2) is 24.3 Å². The molecule has 0 aliphatic heterocycles. The topological polar surface area (TPSA) is 87.2 Å². The van der Waals surface area contributed by atoms with Crippen LogP contribution in [0.1, 0.15) is 39.2 Å². The monoisotopic (exact) mass is 389 g/mol. The molecule has 1 unspecified atom stereocenters. The zero-order valence-corrected chi connectivity index (χ0v) is 17.1. The Morgan fingerprint density at radius 1 is 1.26 bits per heavy atom. The Morgan fingerprint density at radius 3 is 2.70 bits per heavy atom. The summed E-state index contributed by atoms with van der Waals surface area (Å²) in [5.41, 5.74) is 2.12. The third-order valence-electron chi connectivity index (χ3n) is 4.23. The van der Waals surface area contributed by atoms with Gasteiger partial charge in [-0.2, -0.15) is 0 Å². The van der Waals surface area contributed by atoms with Gasteiger partial charge in [0, 0.05) is 31.1 Å². The molecule has 3 amide bonds. The molecule has 2 N–H and O–H groups in total. The lowest BCUT2D eigenvalue weighted by Gasteiger charge is -2.28. The normalized spacial score (nSPS) is 11.7. The summed E-state index contributed by atoms with van der Waals surface area (Å²) in [5, 5.41) is 15.0. The lowest BCUT2D eigenvalue weighted by Crippen LogP contribution is -2.46. The van der Waals surface area contributed by atoms with Crippen LogP contribution in [-0.2, 0) is 4.79 Å². The van der Waals surface area contributed by atoms with Gasteiger partial charge < -0.3 is 15.5 Å². The highest BCUT2D eigenvalue weighted by molar-refractivity contribution is 7.18. The molecule has 2 rings (SSSR count). The largest absolute Gasteiger partial charge is 0.338 e. The zero-order valence-electron chi connectivity index (χ0n) is 16.3. The molecule has 146 valence electrons. The van der Waals surface area contributed by atoms with Crippen LogP contribution in [0.2, 0.25) is 0 Å². The molecule has 0 spiro atoms. The van der Waals surface area contributed by atoms with Gasteiger partial charge in [0.2, 0.25) is 11.0 Å². The number of aryl methyl sites for hydroxylation is 1. The van der Waals surface area contributed by atoms with Crippen molar-refractivity contribution in [1.29, 1.82) is 0 Å². The first-order chi connectivity index (χ1) is 12.9. The first-order valence-electron chi connectivity index (χ1n) is 9.19. The average Bonchev–Trinajstić information content (AvgIpc) is 3.10. The summed E-state index contributed by atoms with van der Waals surface area (Å²) in [5.74, 6) is -0.181. The maximum Gasteiger partial charge on any atom is 0.317 e. The Morgan fingerprint density at radius 2 is 2.04 bits per heavy atom. The van der Waals surface area contributed by atoms with E-state index in [-0.39, 0.29) is 24.4 Å². The SMILES string of the molecule is CCNC(=O)N(CCC(=O)Nc1nnc(-c2cccc(C)c2)s1)C(C)CC. The highest BCUT2D eigenvalue weighted by atomic mass is 32.1. The first-order valence-corrected chi connectivity index (χ1v) is 10.0. The van der Waals surface area contributed by atoms with Crippen molar-refractivity contribution >= 4 is 28.4 Å². The van der Waals surface area contributed by atoms with Gasteiger partial charge in [-0.25, -0.2) is 4.79 Å². The smallest absolute Gasteiger partial charge is 0.317 e.